The number of carbonyl (C=O) groups is 1. The molecule has 3 aromatic rings. The van der Waals surface area contributed by atoms with E-state index in [0.29, 0.717) is 35.2 Å². The van der Waals surface area contributed by atoms with E-state index in [4.69, 9.17) is 21.1 Å². The van der Waals surface area contributed by atoms with Crippen molar-refractivity contribution in [2.45, 2.75) is 6.42 Å². The Balaban J connectivity index is 1.66. The first kappa shape index (κ1) is 23.7. The lowest BCUT2D eigenvalue weighted by atomic mass is 10.0. The van der Waals surface area contributed by atoms with Gasteiger partial charge in [-0.3, -0.25) is 4.79 Å². The SMILES string of the molecule is COc1ccc(CCNC(=O)C(=NSC)c2ccc(-c3ccc(Cl)cc3)cc2)cc1OC. The average Bonchev–Trinajstić information content (AvgIpc) is 2.83. The minimum Gasteiger partial charge on any atom is -0.493 e. The van der Waals surface area contributed by atoms with Crippen LogP contribution in [-0.2, 0) is 11.2 Å². The van der Waals surface area contributed by atoms with Crippen LogP contribution < -0.4 is 14.8 Å². The highest BCUT2D eigenvalue weighted by Crippen LogP contribution is 2.27. The van der Waals surface area contributed by atoms with Gasteiger partial charge >= 0.3 is 0 Å². The summed E-state index contributed by atoms with van der Waals surface area (Å²) in [5.74, 6) is 1.14. The summed E-state index contributed by atoms with van der Waals surface area (Å²) < 4.78 is 15.0. The quantitative estimate of drug-likeness (QED) is 0.335. The summed E-state index contributed by atoms with van der Waals surface area (Å²) in [6.07, 6.45) is 2.49. The summed E-state index contributed by atoms with van der Waals surface area (Å²) in [5, 5.41) is 3.66. The smallest absolute Gasteiger partial charge is 0.271 e. The Labute approximate surface area is 197 Å². The van der Waals surface area contributed by atoms with Gasteiger partial charge < -0.3 is 14.8 Å². The topological polar surface area (TPSA) is 59.9 Å². The molecule has 0 atom stereocenters. The Morgan fingerprint density at radius 3 is 2.16 bits per heavy atom. The zero-order valence-electron chi connectivity index (χ0n) is 18.2. The average molecular weight is 469 g/mol. The summed E-state index contributed by atoms with van der Waals surface area (Å²) in [6, 6.07) is 21.2. The zero-order chi connectivity index (χ0) is 22.9. The van der Waals surface area contributed by atoms with Crippen molar-refractivity contribution in [1.82, 2.24) is 5.32 Å². The molecule has 0 aromatic heterocycles. The first-order valence-corrected chi connectivity index (χ1v) is 11.6. The van der Waals surface area contributed by atoms with Crippen molar-refractivity contribution < 1.29 is 14.3 Å². The van der Waals surface area contributed by atoms with E-state index in [9.17, 15) is 4.79 Å². The molecule has 0 heterocycles. The molecule has 3 aromatic carbocycles. The van der Waals surface area contributed by atoms with Gasteiger partial charge in [0.2, 0.25) is 0 Å². The van der Waals surface area contributed by atoms with Crippen LogP contribution in [0.5, 0.6) is 11.5 Å². The molecule has 0 bridgehead atoms. The van der Waals surface area contributed by atoms with Crippen LogP contribution in [0.2, 0.25) is 5.02 Å². The van der Waals surface area contributed by atoms with E-state index < -0.39 is 0 Å². The molecular formula is C25H25ClN2O3S. The Morgan fingerprint density at radius 2 is 1.56 bits per heavy atom. The van der Waals surface area contributed by atoms with Gasteiger partial charge in [-0.25, -0.2) is 4.40 Å². The van der Waals surface area contributed by atoms with Crippen molar-refractivity contribution in [2.24, 2.45) is 4.40 Å². The van der Waals surface area contributed by atoms with Gasteiger partial charge in [0, 0.05) is 23.4 Å². The predicted octanol–water partition coefficient (Wildman–Crippen LogP) is 5.45. The third kappa shape index (κ3) is 6.05. The van der Waals surface area contributed by atoms with Gasteiger partial charge in [-0.1, -0.05) is 54.1 Å². The van der Waals surface area contributed by atoms with Crippen molar-refractivity contribution in [3.05, 3.63) is 82.9 Å². The number of halogens is 1. The lowest BCUT2D eigenvalue weighted by Crippen LogP contribution is -2.33. The first-order valence-electron chi connectivity index (χ1n) is 10.0. The van der Waals surface area contributed by atoms with Crippen LogP contribution in [0.1, 0.15) is 11.1 Å². The molecule has 0 unspecified atom stereocenters. The van der Waals surface area contributed by atoms with E-state index in [1.807, 2.05) is 73.0 Å². The second kappa shape index (κ2) is 11.6. The van der Waals surface area contributed by atoms with Crippen LogP contribution >= 0.6 is 23.5 Å². The van der Waals surface area contributed by atoms with Gasteiger partial charge in [0.15, 0.2) is 11.5 Å². The number of nitrogens with zero attached hydrogens (tertiary/aromatic N) is 1. The first-order chi connectivity index (χ1) is 15.5. The molecule has 1 amide bonds. The second-order valence-electron chi connectivity index (χ2n) is 6.90. The van der Waals surface area contributed by atoms with Crippen molar-refractivity contribution in [2.75, 3.05) is 27.0 Å². The summed E-state index contributed by atoms with van der Waals surface area (Å²) in [6.45, 7) is 0.477. The molecule has 0 spiro atoms. The number of amides is 1. The van der Waals surface area contributed by atoms with E-state index in [2.05, 4.69) is 9.71 Å². The fourth-order valence-corrected chi connectivity index (χ4v) is 3.72. The molecule has 0 fully saturated rings. The lowest BCUT2D eigenvalue weighted by Gasteiger charge is -2.11. The Morgan fingerprint density at radius 1 is 0.938 bits per heavy atom. The van der Waals surface area contributed by atoms with E-state index in [1.54, 1.807) is 14.2 Å². The maximum Gasteiger partial charge on any atom is 0.271 e. The number of ether oxygens (including phenoxy) is 2. The number of carbonyl (C=O) groups excluding carboxylic acids is 1. The molecule has 7 heteroatoms. The van der Waals surface area contributed by atoms with E-state index in [1.165, 1.54) is 11.9 Å². The van der Waals surface area contributed by atoms with Crippen molar-refractivity contribution in [3.63, 3.8) is 0 Å². The number of hydrogen-bond acceptors (Lipinski definition) is 5. The van der Waals surface area contributed by atoms with Crippen molar-refractivity contribution in [3.8, 4) is 22.6 Å². The molecule has 0 aliphatic carbocycles. The standard InChI is InChI=1S/C25H25ClN2O3S/c1-30-22-13-4-17(16-23(22)31-2)14-15-27-25(29)24(28-32-3)20-7-5-18(6-8-20)19-9-11-21(26)12-10-19/h4-13,16H,14-15H2,1-3H3,(H,27,29). The molecule has 5 nitrogen and oxygen atoms in total. The lowest BCUT2D eigenvalue weighted by molar-refractivity contribution is -0.114. The van der Waals surface area contributed by atoms with Gasteiger partial charge in [-0.05, 0) is 59.3 Å². The zero-order valence-corrected chi connectivity index (χ0v) is 19.8. The fourth-order valence-electron chi connectivity index (χ4n) is 3.22. The van der Waals surface area contributed by atoms with Crippen LogP contribution in [0.25, 0.3) is 11.1 Å². The summed E-state index contributed by atoms with van der Waals surface area (Å²) in [7, 11) is 3.21. The minimum absolute atomic E-state index is 0.209. The highest BCUT2D eigenvalue weighted by Gasteiger charge is 2.14. The van der Waals surface area contributed by atoms with E-state index >= 15 is 0 Å². The van der Waals surface area contributed by atoms with Gasteiger partial charge in [0.05, 0.1) is 14.2 Å². The molecule has 0 aliphatic heterocycles. The number of nitrogens with one attached hydrogen (secondary N) is 1. The fraction of sp³-hybridized carbons (Fsp3) is 0.200. The maximum absolute atomic E-state index is 12.8. The maximum atomic E-state index is 12.8. The van der Waals surface area contributed by atoms with Gasteiger partial charge in [0.25, 0.3) is 5.91 Å². The molecule has 0 aliphatic rings. The molecule has 0 radical (unpaired) electrons. The summed E-state index contributed by atoms with van der Waals surface area (Å²) in [5.41, 5.74) is 4.30. The highest BCUT2D eigenvalue weighted by atomic mass is 35.5. The normalized spacial score (nSPS) is 11.2. The number of hydrogen-bond donors (Lipinski definition) is 1. The summed E-state index contributed by atoms with van der Waals surface area (Å²) >= 11 is 7.23. The molecule has 166 valence electrons. The Kier molecular flexibility index (Phi) is 8.59. The molecule has 0 saturated heterocycles. The van der Waals surface area contributed by atoms with Crippen LogP contribution in [0.4, 0.5) is 0 Å². The van der Waals surface area contributed by atoms with Crippen LogP contribution in [0.3, 0.4) is 0 Å². The third-order valence-corrected chi connectivity index (χ3v) is 5.50. The molecule has 3 rings (SSSR count). The van der Waals surface area contributed by atoms with Crippen LogP contribution in [-0.4, -0.2) is 38.6 Å². The highest BCUT2D eigenvalue weighted by molar-refractivity contribution is 7.97. The molecular weight excluding hydrogens is 444 g/mol. The van der Waals surface area contributed by atoms with Gasteiger partial charge in [0.1, 0.15) is 5.71 Å². The Hall–Kier alpha value is -2.96. The van der Waals surface area contributed by atoms with Gasteiger partial charge in [-0.2, -0.15) is 0 Å². The number of rotatable bonds is 9. The van der Waals surface area contributed by atoms with Gasteiger partial charge in [-0.15, -0.1) is 0 Å². The molecule has 0 saturated carbocycles. The van der Waals surface area contributed by atoms with Crippen molar-refractivity contribution >= 4 is 35.2 Å². The van der Waals surface area contributed by atoms with Crippen LogP contribution in [0.15, 0.2) is 71.1 Å². The number of methoxy groups -OCH3 is 2. The number of benzene rings is 3. The largest absolute Gasteiger partial charge is 0.493 e. The predicted molar refractivity (Wildman–Crippen MR) is 133 cm³/mol. The summed E-state index contributed by atoms with van der Waals surface area (Å²) in [4.78, 5) is 12.8. The van der Waals surface area contributed by atoms with E-state index in [0.717, 1.165) is 22.3 Å². The minimum atomic E-state index is -0.209. The molecule has 1 N–H and O–H groups in total. The van der Waals surface area contributed by atoms with Crippen molar-refractivity contribution in [1.29, 1.82) is 0 Å². The van der Waals surface area contributed by atoms with Crippen LogP contribution in [0, 0.1) is 0 Å². The van der Waals surface area contributed by atoms with E-state index in [-0.39, 0.29) is 5.91 Å². The Bertz CT molecular complexity index is 1080. The molecule has 32 heavy (non-hydrogen) atoms. The monoisotopic (exact) mass is 468 g/mol. The second-order valence-corrected chi connectivity index (χ2v) is 7.89. The third-order valence-electron chi connectivity index (χ3n) is 4.88.